The topological polar surface area (TPSA) is 78.7 Å². The first-order valence-electron chi connectivity index (χ1n) is 10.8. The standard InChI is InChI=1S/C25H27FN4O2.HI/c1-2-27-24(29-17-25(13-14-25)20-6-3-4-7-21(20)26)28-16-18-9-11-19(12-10-18)30-23(31)22-8-5-15-32-22;/h3-12,15H,2,13-14,16-17H2,1H3,(H,30,31)(H2,27,28,29);1H. The molecule has 1 aliphatic rings. The van der Waals surface area contributed by atoms with E-state index in [2.05, 4.69) is 20.9 Å². The van der Waals surface area contributed by atoms with Gasteiger partial charge in [-0.15, -0.1) is 24.0 Å². The summed E-state index contributed by atoms with van der Waals surface area (Å²) in [6.45, 7) is 3.86. The van der Waals surface area contributed by atoms with Gasteiger partial charge >= 0.3 is 0 Å². The first kappa shape index (κ1) is 24.8. The zero-order valence-corrected chi connectivity index (χ0v) is 20.8. The third-order valence-electron chi connectivity index (χ3n) is 5.61. The molecule has 3 N–H and O–H groups in total. The van der Waals surface area contributed by atoms with Gasteiger partial charge in [0.1, 0.15) is 5.82 Å². The first-order valence-corrected chi connectivity index (χ1v) is 10.8. The molecule has 0 bridgehead atoms. The van der Waals surface area contributed by atoms with Crippen molar-refractivity contribution in [3.63, 3.8) is 0 Å². The lowest BCUT2D eigenvalue weighted by atomic mass is 9.95. The summed E-state index contributed by atoms with van der Waals surface area (Å²) < 4.78 is 19.4. The van der Waals surface area contributed by atoms with E-state index in [-0.39, 0.29) is 46.9 Å². The van der Waals surface area contributed by atoms with Crippen molar-refractivity contribution >= 4 is 41.5 Å². The van der Waals surface area contributed by atoms with Crippen LogP contribution in [-0.4, -0.2) is 25.0 Å². The molecule has 1 aliphatic carbocycles. The van der Waals surface area contributed by atoms with E-state index >= 15 is 0 Å². The third-order valence-corrected chi connectivity index (χ3v) is 5.61. The SMILES string of the molecule is CCNC(=NCc1ccc(NC(=O)c2ccco2)cc1)NCC1(c2ccccc2F)CC1.I. The molecule has 8 heteroatoms. The number of carbonyl (C=O) groups excluding carboxylic acids is 1. The highest BCUT2D eigenvalue weighted by atomic mass is 127. The minimum absolute atomic E-state index is 0. The molecule has 1 fully saturated rings. The molecule has 1 aromatic heterocycles. The maximum atomic E-state index is 14.3. The number of halogens is 2. The molecule has 2 aromatic carbocycles. The van der Waals surface area contributed by atoms with E-state index in [4.69, 9.17) is 4.42 Å². The molecule has 6 nitrogen and oxygen atoms in total. The van der Waals surface area contributed by atoms with Crippen LogP contribution in [0.2, 0.25) is 0 Å². The number of guanidine groups is 1. The number of furan rings is 1. The Kier molecular flexibility index (Phi) is 8.49. The van der Waals surface area contributed by atoms with E-state index in [0.717, 1.165) is 30.5 Å². The molecule has 174 valence electrons. The third kappa shape index (κ3) is 6.34. The summed E-state index contributed by atoms with van der Waals surface area (Å²) in [5.41, 5.74) is 2.31. The fraction of sp³-hybridized carbons (Fsp3) is 0.280. The second-order valence-corrected chi connectivity index (χ2v) is 7.94. The van der Waals surface area contributed by atoms with E-state index in [1.165, 1.54) is 12.3 Å². The number of benzene rings is 2. The monoisotopic (exact) mass is 562 g/mol. The number of anilines is 1. The van der Waals surface area contributed by atoms with Gasteiger partial charge in [-0.25, -0.2) is 9.38 Å². The van der Waals surface area contributed by atoms with Gasteiger partial charge in [-0.2, -0.15) is 0 Å². The predicted molar refractivity (Wildman–Crippen MR) is 139 cm³/mol. The number of carbonyl (C=O) groups is 1. The molecule has 1 heterocycles. The summed E-state index contributed by atoms with van der Waals surface area (Å²) in [4.78, 5) is 16.7. The van der Waals surface area contributed by atoms with Crippen LogP contribution >= 0.6 is 24.0 Å². The number of nitrogens with zero attached hydrogens (tertiary/aromatic N) is 1. The van der Waals surface area contributed by atoms with Gasteiger partial charge in [-0.1, -0.05) is 30.3 Å². The van der Waals surface area contributed by atoms with Gasteiger partial charge in [0.25, 0.3) is 5.91 Å². The molecular weight excluding hydrogens is 534 g/mol. The summed E-state index contributed by atoms with van der Waals surface area (Å²) in [6.07, 6.45) is 3.39. The number of hydrogen-bond donors (Lipinski definition) is 3. The van der Waals surface area contributed by atoms with E-state index in [9.17, 15) is 9.18 Å². The van der Waals surface area contributed by atoms with Crippen molar-refractivity contribution in [2.75, 3.05) is 18.4 Å². The average molecular weight is 562 g/mol. The van der Waals surface area contributed by atoms with Crippen LogP contribution in [-0.2, 0) is 12.0 Å². The second kappa shape index (κ2) is 11.3. The largest absolute Gasteiger partial charge is 0.459 e. The van der Waals surface area contributed by atoms with Crippen LogP contribution < -0.4 is 16.0 Å². The van der Waals surface area contributed by atoms with Crippen LogP contribution in [0.15, 0.2) is 76.3 Å². The van der Waals surface area contributed by atoms with Crippen molar-refractivity contribution in [3.05, 3.63) is 89.6 Å². The molecule has 1 amide bonds. The molecule has 0 unspecified atom stereocenters. The molecule has 0 saturated heterocycles. The van der Waals surface area contributed by atoms with Crippen LogP contribution in [0.4, 0.5) is 10.1 Å². The fourth-order valence-corrected chi connectivity index (χ4v) is 3.64. The lowest BCUT2D eigenvalue weighted by Gasteiger charge is -2.19. The predicted octanol–water partition coefficient (Wildman–Crippen LogP) is 5.08. The zero-order valence-electron chi connectivity index (χ0n) is 18.4. The van der Waals surface area contributed by atoms with Gasteiger partial charge in [0.15, 0.2) is 11.7 Å². The number of amides is 1. The minimum Gasteiger partial charge on any atom is -0.459 e. The van der Waals surface area contributed by atoms with Crippen molar-refractivity contribution < 1.29 is 13.6 Å². The first-order chi connectivity index (χ1) is 15.6. The van der Waals surface area contributed by atoms with Crippen molar-refractivity contribution in [1.82, 2.24) is 10.6 Å². The normalized spacial score (nSPS) is 14.2. The Balaban J connectivity index is 0.00000306. The summed E-state index contributed by atoms with van der Waals surface area (Å²) in [5.74, 6) is 0.533. The molecular formula is C25H28FIN4O2. The van der Waals surface area contributed by atoms with E-state index in [1.54, 1.807) is 18.2 Å². The summed E-state index contributed by atoms with van der Waals surface area (Å²) in [6, 6.07) is 17.8. The molecule has 0 atom stereocenters. The van der Waals surface area contributed by atoms with E-state index in [1.807, 2.05) is 43.3 Å². The number of nitrogens with one attached hydrogen (secondary N) is 3. The van der Waals surface area contributed by atoms with Crippen LogP contribution in [0.5, 0.6) is 0 Å². The highest BCUT2D eigenvalue weighted by Crippen LogP contribution is 2.48. The molecule has 0 spiro atoms. The van der Waals surface area contributed by atoms with E-state index in [0.29, 0.717) is 24.7 Å². The smallest absolute Gasteiger partial charge is 0.291 e. The quantitative estimate of drug-likeness (QED) is 0.204. The van der Waals surface area contributed by atoms with Gasteiger partial charge < -0.3 is 20.4 Å². The van der Waals surface area contributed by atoms with Gasteiger partial charge in [0, 0.05) is 24.2 Å². The lowest BCUT2D eigenvalue weighted by Crippen LogP contribution is -2.41. The Bertz CT molecular complexity index is 1080. The maximum absolute atomic E-state index is 14.3. The van der Waals surface area contributed by atoms with Crippen LogP contribution in [0.1, 0.15) is 41.4 Å². The van der Waals surface area contributed by atoms with Crippen molar-refractivity contribution in [2.45, 2.75) is 31.7 Å². The Labute approximate surface area is 210 Å². The summed E-state index contributed by atoms with van der Waals surface area (Å²) in [7, 11) is 0. The van der Waals surface area contributed by atoms with Gasteiger partial charge in [0.05, 0.1) is 12.8 Å². The van der Waals surface area contributed by atoms with E-state index < -0.39 is 0 Å². The van der Waals surface area contributed by atoms with Crippen LogP contribution in [0.3, 0.4) is 0 Å². The number of aliphatic imine (C=N–C) groups is 1. The number of rotatable bonds is 8. The Hall–Kier alpha value is -2.88. The summed E-state index contributed by atoms with van der Waals surface area (Å²) in [5, 5.41) is 9.42. The van der Waals surface area contributed by atoms with Gasteiger partial charge in [0.2, 0.25) is 0 Å². The highest BCUT2D eigenvalue weighted by molar-refractivity contribution is 14.0. The molecule has 33 heavy (non-hydrogen) atoms. The Morgan fingerprint density at radius 1 is 1.06 bits per heavy atom. The van der Waals surface area contributed by atoms with Crippen molar-refractivity contribution in [2.24, 2.45) is 4.99 Å². The number of hydrogen-bond acceptors (Lipinski definition) is 3. The zero-order chi connectivity index (χ0) is 22.4. The minimum atomic E-state index is -0.289. The second-order valence-electron chi connectivity index (χ2n) is 7.94. The average Bonchev–Trinajstić information content (AvgIpc) is 3.38. The molecule has 1 saturated carbocycles. The highest BCUT2D eigenvalue weighted by Gasteiger charge is 2.45. The lowest BCUT2D eigenvalue weighted by molar-refractivity contribution is 0.0996. The molecule has 0 aliphatic heterocycles. The molecule has 0 radical (unpaired) electrons. The van der Waals surface area contributed by atoms with Crippen LogP contribution in [0, 0.1) is 5.82 Å². The molecule has 3 aromatic rings. The maximum Gasteiger partial charge on any atom is 0.291 e. The van der Waals surface area contributed by atoms with Crippen molar-refractivity contribution in [1.29, 1.82) is 0 Å². The van der Waals surface area contributed by atoms with Gasteiger partial charge in [-0.3, -0.25) is 4.79 Å². The van der Waals surface area contributed by atoms with Crippen molar-refractivity contribution in [3.8, 4) is 0 Å². The molecule has 4 rings (SSSR count). The van der Waals surface area contributed by atoms with Crippen LogP contribution in [0.25, 0.3) is 0 Å². The Morgan fingerprint density at radius 3 is 2.45 bits per heavy atom. The Morgan fingerprint density at radius 2 is 1.82 bits per heavy atom. The fourth-order valence-electron chi connectivity index (χ4n) is 3.64. The summed E-state index contributed by atoms with van der Waals surface area (Å²) >= 11 is 0. The van der Waals surface area contributed by atoms with Gasteiger partial charge in [-0.05, 0) is 61.2 Å².